The van der Waals surface area contributed by atoms with Crippen molar-refractivity contribution in [2.24, 2.45) is 5.41 Å². The molecule has 1 heterocycles. The first-order valence-electron chi connectivity index (χ1n) is 4.85. The Morgan fingerprint density at radius 2 is 2.46 bits per heavy atom. The average Bonchev–Trinajstić information content (AvgIpc) is 2.68. The van der Waals surface area contributed by atoms with Crippen LogP contribution in [0.25, 0.3) is 0 Å². The lowest BCUT2D eigenvalue weighted by atomic mass is 9.80. The second-order valence-corrected chi connectivity index (χ2v) is 3.88. The molecule has 0 aromatic heterocycles. The molecule has 0 bridgehead atoms. The maximum Gasteiger partial charge on any atom is 0.0984 e. The van der Waals surface area contributed by atoms with Gasteiger partial charge in [-0.3, -0.25) is 0 Å². The monoisotopic (exact) mass is 183 g/mol. The van der Waals surface area contributed by atoms with Crippen LogP contribution in [0.2, 0.25) is 0 Å². The molecule has 0 amide bonds. The highest BCUT2D eigenvalue weighted by Gasteiger charge is 2.38. The van der Waals surface area contributed by atoms with Crippen molar-refractivity contribution in [3.63, 3.8) is 0 Å². The van der Waals surface area contributed by atoms with Gasteiger partial charge >= 0.3 is 0 Å². The first-order valence-corrected chi connectivity index (χ1v) is 4.85. The fourth-order valence-corrected chi connectivity index (χ4v) is 1.62. The number of nitriles is 1. The molecule has 0 aromatic rings. The van der Waals surface area contributed by atoms with E-state index in [2.05, 4.69) is 6.07 Å². The number of ether oxygens (including phenoxy) is 1. The van der Waals surface area contributed by atoms with Crippen LogP contribution >= 0.6 is 0 Å². The van der Waals surface area contributed by atoms with E-state index in [4.69, 9.17) is 10.00 Å². The second kappa shape index (κ2) is 4.08. The molecule has 1 N–H and O–H groups in total. The lowest BCUT2D eigenvalue weighted by Gasteiger charge is -2.30. The van der Waals surface area contributed by atoms with Crippen molar-refractivity contribution in [1.82, 2.24) is 0 Å². The summed E-state index contributed by atoms with van der Waals surface area (Å²) in [4.78, 5) is 0. The molecular formula is C10H17NO2. The smallest absolute Gasteiger partial charge is 0.0984 e. The van der Waals surface area contributed by atoms with Gasteiger partial charge in [-0.15, -0.1) is 0 Å². The Morgan fingerprint density at radius 1 is 1.77 bits per heavy atom. The van der Waals surface area contributed by atoms with Gasteiger partial charge in [0.15, 0.2) is 0 Å². The highest BCUT2D eigenvalue weighted by atomic mass is 16.5. The highest BCUT2D eigenvalue weighted by Crippen LogP contribution is 2.31. The number of hydrogen-bond donors (Lipinski definition) is 1. The fraction of sp³-hybridized carbons (Fsp3) is 0.900. The van der Waals surface area contributed by atoms with Crippen LogP contribution in [0, 0.1) is 16.7 Å². The van der Waals surface area contributed by atoms with Gasteiger partial charge in [-0.1, -0.05) is 6.92 Å². The predicted molar refractivity (Wildman–Crippen MR) is 49.0 cm³/mol. The first-order chi connectivity index (χ1) is 6.14. The Morgan fingerprint density at radius 3 is 2.85 bits per heavy atom. The summed E-state index contributed by atoms with van der Waals surface area (Å²) in [6.45, 7) is 4.42. The molecule has 74 valence electrons. The zero-order valence-electron chi connectivity index (χ0n) is 8.29. The van der Waals surface area contributed by atoms with Crippen LogP contribution in [-0.4, -0.2) is 23.9 Å². The zero-order chi connectivity index (χ0) is 9.90. The van der Waals surface area contributed by atoms with Crippen molar-refractivity contribution in [3.05, 3.63) is 0 Å². The van der Waals surface area contributed by atoms with Gasteiger partial charge in [0.2, 0.25) is 0 Å². The summed E-state index contributed by atoms with van der Waals surface area (Å²) in [7, 11) is 0. The molecular weight excluding hydrogens is 166 g/mol. The molecule has 1 rings (SSSR count). The van der Waals surface area contributed by atoms with Crippen LogP contribution in [0.5, 0.6) is 0 Å². The van der Waals surface area contributed by atoms with E-state index in [-0.39, 0.29) is 6.10 Å². The van der Waals surface area contributed by atoms with Crippen LogP contribution < -0.4 is 0 Å². The minimum Gasteiger partial charge on any atom is -0.389 e. The molecule has 3 heteroatoms. The third kappa shape index (κ3) is 2.01. The van der Waals surface area contributed by atoms with E-state index in [1.54, 1.807) is 6.92 Å². The van der Waals surface area contributed by atoms with Gasteiger partial charge in [0.25, 0.3) is 0 Å². The van der Waals surface area contributed by atoms with Crippen molar-refractivity contribution in [2.75, 3.05) is 6.61 Å². The molecule has 1 aliphatic heterocycles. The minimum atomic E-state index is -0.658. The van der Waals surface area contributed by atoms with E-state index >= 15 is 0 Å². The predicted octanol–water partition coefficient (Wildman–Crippen LogP) is 1.47. The third-order valence-electron chi connectivity index (χ3n) is 2.96. The Hall–Kier alpha value is -0.590. The van der Waals surface area contributed by atoms with Gasteiger partial charge in [-0.25, -0.2) is 0 Å². The number of hydrogen-bond acceptors (Lipinski definition) is 3. The van der Waals surface area contributed by atoms with Gasteiger partial charge in [0, 0.05) is 6.61 Å². The molecule has 0 spiro atoms. The van der Waals surface area contributed by atoms with E-state index in [1.807, 2.05) is 6.92 Å². The second-order valence-electron chi connectivity index (χ2n) is 3.88. The molecule has 0 saturated carbocycles. The van der Waals surface area contributed by atoms with Crippen LogP contribution in [0.15, 0.2) is 0 Å². The Kier molecular flexibility index (Phi) is 3.29. The van der Waals surface area contributed by atoms with E-state index in [0.29, 0.717) is 13.0 Å². The van der Waals surface area contributed by atoms with Crippen molar-refractivity contribution in [2.45, 2.75) is 45.3 Å². The summed E-state index contributed by atoms with van der Waals surface area (Å²) in [5.41, 5.74) is -0.658. The molecule has 0 aromatic carbocycles. The lowest BCUT2D eigenvalue weighted by Crippen LogP contribution is -2.39. The summed E-state index contributed by atoms with van der Waals surface area (Å²) < 4.78 is 5.36. The van der Waals surface area contributed by atoms with Gasteiger partial charge in [-0.2, -0.15) is 5.26 Å². The average molecular weight is 183 g/mol. The largest absolute Gasteiger partial charge is 0.389 e. The van der Waals surface area contributed by atoms with Crippen molar-refractivity contribution in [3.8, 4) is 6.07 Å². The topological polar surface area (TPSA) is 53.2 Å². The Bertz CT molecular complexity index is 205. The SMILES string of the molecule is CCC(C)(C#N)C(O)C1CCCO1. The van der Waals surface area contributed by atoms with Crippen molar-refractivity contribution in [1.29, 1.82) is 5.26 Å². The Labute approximate surface area is 79.3 Å². The number of rotatable bonds is 3. The van der Waals surface area contributed by atoms with Gasteiger partial charge in [-0.05, 0) is 26.2 Å². The molecule has 13 heavy (non-hydrogen) atoms. The first kappa shape index (κ1) is 10.5. The Balaban J connectivity index is 2.64. The van der Waals surface area contributed by atoms with Crippen LogP contribution in [0.3, 0.4) is 0 Å². The maximum absolute atomic E-state index is 9.92. The van der Waals surface area contributed by atoms with Gasteiger partial charge < -0.3 is 9.84 Å². The third-order valence-corrected chi connectivity index (χ3v) is 2.96. The lowest BCUT2D eigenvalue weighted by molar-refractivity contribution is -0.0501. The molecule has 1 saturated heterocycles. The quantitative estimate of drug-likeness (QED) is 0.720. The van der Waals surface area contributed by atoms with Crippen LogP contribution in [0.1, 0.15) is 33.1 Å². The molecule has 3 unspecified atom stereocenters. The summed E-state index contributed by atoms with van der Waals surface area (Å²) >= 11 is 0. The van der Waals surface area contributed by atoms with E-state index < -0.39 is 11.5 Å². The van der Waals surface area contributed by atoms with Crippen molar-refractivity contribution >= 4 is 0 Å². The van der Waals surface area contributed by atoms with E-state index in [1.165, 1.54) is 0 Å². The van der Waals surface area contributed by atoms with E-state index in [9.17, 15) is 5.11 Å². The summed E-state index contributed by atoms with van der Waals surface area (Å²) in [5.74, 6) is 0. The molecule has 3 atom stereocenters. The zero-order valence-corrected chi connectivity index (χ0v) is 8.29. The van der Waals surface area contributed by atoms with Gasteiger partial charge in [0.05, 0.1) is 23.7 Å². The molecule has 1 fully saturated rings. The van der Waals surface area contributed by atoms with Gasteiger partial charge in [0.1, 0.15) is 0 Å². The number of aliphatic hydroxyl groups is 1. The van der Waals surface area contributed by atoms with Crippen LogP contribution in [0.4, 0.5) is 0 Å². The maximum atomic E-state index is 9.92. The highest BCUT2D eigenvalue weighted by molar-refractivity contribution is 5.02. The standard InChI is InChI=1S/C10H17NO2/c1-3-10(2,7-11)9(12)8-5-4-6-13-8/h8-9,12H,3-6H2,1-2H3. The van der Waals surface area contributed by atoms with E-state index in [0.717, 1.165) is 12.8 Å². The summed E-state index contributed by atoms with van der Waals surface area (Å²) in [6, 6.07) is 2.17. The summed E-state index contributed by atoms with van der Waals surface area (Å²) in [6.07, 6.45) is 1.74. The fourth-order valence-electron chi connectivity index (χ4n) is 1.62. The molecule has 0 aliphatic carbocycles. The minimum absolute atomic E-state index is 0.135. The van der Waals surface area contributed by atoms with Crippen molar-refractivity contribution < 1.29 is 9.84 Å². The normalized spacial score (nSPS) is 29.2. The number of aliphatic hydroxyl groups excluding tert-OH is 1. The molecule has 1 aliphatic rings. The molecule has 3 nitrogen and oxygen atoms in total. The summed E-state index contributed by atoms with van der Waals surface area (Å²) in [5, 5.41) is 18.9. The number of nitrogens with zero attached hydrogens (tertiary/aromatic N) is 1. The molecule has 0 radical (unpaired) electrons. The van der Waals surface area contributed by atoms with Crippen LogP contribution in [-0.2, 0) is 4.74 Å².